The first-order chi connectivity index (χ1) is 13.2. The third-order valence-corrected chi connectivity index (χ3v) is 4.91. The Bertz CT molecular complexity index is 1050. The van der Waals surface area contributed by atoms with Gasteiger partial charge in [-0.25, -0.2) is 0 Å². The van der Waals surface area contributed by atoms with Crippen LogP contribution in [0.5, 0.6) is 5.75 Å². The maximum Gasteiger partial charge on any atom is 0.261 e. The number of nitrogens with zero attached hydrogens (tertiary/aromatic N) is 2. The number of hydrogen-bond donors (Lipinski definition) is 1. The fraction of sp³-hybridized carbons (Fsp3) is 0.150. The van der Waals surface area contributed by atoms with Crippen LogP contribution in [0.3, 0.4) is 0 Å². The Morgan fingerprint density at radius 3 is 2.89 bits per heavy atom. The van der Waals surface area contributed by atoms with Gasteiger partial charge in [0.05, 0.1) is 11.4 Å². The van der Waals surface area contributed by atoms with Crippen molar-refractivity contribution < 1.29 is 14.1 Å². The van der Waals surface area contributed by atoms with E-state index in [0.717, 1.165) is 15.6 Å². The Hall–Kier alpha value is -3.19. The quantitative estimate of drug-likeness (QED) is 0.547. The van der Waals surface area contributed by atoms with Gasteiger partial charge in [0.2, 0.25) is 11.7 Å². The van der Waals surface area contributed by atoms with Crippen LogP contribution in [0, 0.1) is 0 Å². The number of benzene rings is 2. The van der Waals surface area contributed by atoms with Crippen LogP contribution in [0.25, 0.3) is 21.5 Å². The van der Waals surface area contributed by atoms with E-state index < -0.39 is 6.10 Å². The molecule has 7 heteroatoms. The summed E-state index contributed by atoms with van der Waals surface area (Å²) in [6.45, 7) is 1.86. The SMILES string of the molecule is C[C@@H](Oc1cccc2ccccc12)C(=O)NCc1nc(-c2cccs2)no1. The lowest BCUT2D eigenvalue weighted by molar-refractivity contribution is -0.127. The number of aromatic nitrogens is 2. The largest absolute Gasteiger partial charge is 0.480 e. The lowest BCUT2D eigenvalue weighted by Gasteiger charge is -2.15. The fourth-order valence-electron chi connectivity index (χ4n) is 2.68. The van der Waals surface area contributed by atoms with E-state index >= 15 is 0 Å². The van der Waals surface area contributed by atoms with Crippen LogP contribution in [0.2, 0.25) is 0 Å². The number of rotatable bonds is 6. The third-order valence-electron chi connectivity index (χ3n) is 4.05. The molecule has 4 aromatic rings. The molecule has 2 aromatic heterocycles. The maximum absolute atomic E-state index is 12.4. The van der Waals surface area contributed by atoms with Crippen molar-refractivity contribution in [1.29, 1.82) is 0 Å². The number of amides is 1. The predicted molar refractivity (Wildman–Crippen MR) is 103 cm³/mol. The molecule has 0 saturated carbocycles. The molecule has 1 N–H and O–H groups in total. The van der Waals surface area contributed by atoms with Gasteiger partial charge in [0.15, 0.2) is 6.10 Å². The predicted octanol–water partition coefficient (Wildman–Crippen LogP) is 4.04. The molecule has 6 nitrogen and oxygen atoms in total. The van der Waals surface area contributed by atoms with Crippen molar-refractivity contribution in [3.63, 3.8) is 0 Å². The van der Waals surface area contributed by atoms with Gasteiger partial charge in [-0.05, 0) is 29.8 Å². The van der Waals surface area contributed by atoms with E-state index in [2.05, 4.69) is 15.5 Å². The van der Waals surface area contributed by atoms with Gasteiger partial charge in [-0.2, -0.15) is 4.98 Å². The van der Waals surface area contributed by atoms with Gasteiger partial charge in [-0.3, -0.25) is 4.79 Å². The van der Waals surface area contributed by atoms with Gasteiger partial charge < -0.3 is 14.6 Å². The Balaban J connectivity index is 1.38. The topological polar surface area (TPSA) is 77.2 Å². The van der Waals surface area contributed by atoms with Gasteiger partial charge >= 0.3 is 0 Å². The Morgan fingerprint density at radius 1 is 1.19 bits per heavy atom. The second-order valence-corrected chi connectivity index (χ2v) is 6.89. The van der Waals surface area contributed by atoms with Crippen molar-refractivity contribution in [2.45, 2.75) is 19.6 Å². The second-order valence-electron chi connectivity index (χ2n) is 5.94. The maximum atomic E-state index is 12.4. The Labute approximate surface area is 159 Å². The van der Waals surface area contributed by atoms with Crippen molar-refractivity contribution in [1.82, 2.24) is 15.5 Å². The molecule has 0 saturated heterocycles. The molecule has 4 rings (SSSR count). The van der Waals surface area contributed by atoms with Gasteiger partial charge in [0.25, 0.3) is 5.91 Å². The van der Waals surface area contributed by atoms with Gasteiger partial charge in [-0.15, -0.1) is 11.3 Å². The summed E-state index contributed by atoms with van der Waals surface area (Å²) in [6, 6.07) is 17.5. The van der Waals surface area contributed by atoms with Gasteiger partial charge in [0.1, 0.15) is 5.75 Å². The number of carbonyl (C=O) groups is 1. The van der Waals surface area contributed by atoms with E-state index in [1.807, 2.05) is 60.0 Å². The number of nitrogens with one attached hydrogen (secondary N) is 1. The molecule has 0 spiro atoms. The molecule has 2 heterocycles. The summed E-state index contributed by atoms with van der Waals surface area (Å²) in [6.07, 6.45) is -0.657. The summed E-state index contributed by atoms with van der Waals surface area (Å²) in [4.78, 5) is 17.6. The highest BCUT2D eigenvalue weighted by Gasteiger charge is 2.17. The van der Waals surface area contributed by atoms with Crippen molar-refractivity contribution in [3.05, 3.63) is 65.9 Å². The van der Waals surface area contributed by atoms with Crippen molar-refractivity contribution in [2.24, 2.45) is 0 Å². The summed E-state index contributed by atoms with van der Waals surface area (Å²) in [5, 5.41) is 10.7. The van der Waals surface area contributed by atoms with Crippen molar-refractivity contribution in [3.8, 4) is 16.5 Å². The van der Waals surface area contributed by atoms with Crippen LogP contribution in [-0.4, -0.2) is 22.2 Å². The molecule has 1 atom stereocenters. The molecule has 27 heavy (non-hydrogen) atoms. The normalized spacial score (nSPS) is 12.0. The molecule has 136 valence electrons. The fourth-order valence-corrected chi connectivity index (χ4v) is 3.33. The monoisotopic (exact) mass is 379 g/mol. The van der Waals surface area contributed by atoms with Crippen molar-refractivity contribution in [2.75, 3.05) is 0 Å². The minimum Gasteiger partial charge on any atom is -0.480 e. The molecule has 0 bridgehead atoms. The molecule has 0 unspecified atom stereocenters. The molecule has 2 aromatic carbocycles. The summed E-state index contributed by atoms with van der Waals surface area (Å²) in [5.41, 5.74) is 0. The molecule has 0 aliphatic heterocycles. The number of ether oxygens (including phenoxy) is 1. The number of hydrogen-bond acceptors (Lipinski definition) is 6. The van der Waals surface area contributed by atoms with Crippen LogP contribution in [0.4, 0.5) is 0 Å². The Kier molecular flexibility index (Phi) is 4.84. The first kappa shape index (κ1) is 17.2. The first-order valence-electron chi connectivity index (χ1n) is 8.49. The molecular weight excluding hydrogens is 362 g/mol. The smallest absolute Gasteiger partial charge is 0.261 e. The van der Waals surface area contributed by atoms with E-state index in [1.165, 1.54) is 11.3 Å². The zero-order chi connectivity index (χ0) is 18.6. The third kappa shape index (κ3) is 3.83. The molecular formula is C20H17N3O3S. The van der Waals surface area contributed by atoms with Crippen LogP contribution >= 0.6 is 11.3 Å². The lowest BCUT2D eigenvalue weighted by Crippen LogP contribution is -2.36. The number of carbonyl (C=O) groups excluding carboxylic acids is 1. The van der Waals surface area contributed by atoms with E-state index in [1.54, 1.807) is 6.92 Å². The van der Waals surface area contributed by atoms with Crippen LogP contribution in [0.15, 0.2) is 64.5 Å². The van der Waals surface area contributed by atoms with Crippen LogP contribution < -0.4 is 10.1 Å². The average molecular weight is 379 g/mol. The standard InChI is InChI=1S/C20H17N3O3S/c1-13(25-16-9-4-7-14-6-2-3-8-15(14)16)20(24)21-12-18-22-19(23-26-18)17-10-5-11-27-17/h2-11,13H,12H2,1H3,(H,21,24)/t13-/m1/s1. The first-order valence-corrected chi connectivity index (χ1v) is 9.37. The Morgan fingerprint density at radius 2 is 2.04 bits per heavy atom. The van der Waals surface area contributed by atoms with E-state index in [-0.39, 0.29) is 12.5 Å². The van der Waals surface area contributed by atoms with Gasteiger partial charge in [-0.1, -0.05) is 47.6 Å². The summed E-state index contributed by atoms with van der Waals surface area (Å²) in [5.74, 6) is 1.30. The molecule has 0 fully saturated rings. The van der Waals surface area contributed by atoms with E-state index in [0.29, 0.717) is 17.5 Å². The zero-order valence-electron chi connectivity index (χ0n) is 14.6. The summed E-state index contributed by atoms with van der Waals surface area (Å²) < 4.78 is 11.0. The zero-order valence-corrected chi connectivity index (χ0v) is 15.4. The van der Waals surface area contributed by atoms with E-state index in [4.69, 9.17) is 9.26 Å². The van der Waals surface area contributed by atoms with Crippen molar-refractivity contribution >= 4 is 28.0 Å². The molecule has 0 aliphatic rings. The average Bonchev–Trinajstić information content (AvgIpc) is 3.38. The highest BCUT2D eigenvalue weighted by molar-refractivity contribution is 7.13. The molecule has 1 amide bonds. The highest BCUT2D eigenvalue weighted by Crippen LogP contribution is 2.26. The number of fused-ring (bicyclic) bond motifs is 1. The van der Waals surface area contributed by atoms with Crippen LogP contribution in [-0.2, 0) is 11.3 Å². The minimum atomic E-state index is -0.657. The lowest BCUT2D eigenvalue weighted by atomic mass is 10.1. The molecule has 0 radical (unpaired) electrons. The minimum absolute atomic E-state index is 0.153. The van der Waals surface area contributed by atoms with Crippen LogP contribution in [0.1, 0.15) is 12.8 Å². The summed E-state index contributed by atoms with van der Waals surface area (Å²) >= 11 is 1.53. The second kappa shape index (κ2) is 7.59. The number of thiophene rings is 1. The van der Waals surface area contributed by atoms with E-state index in [9.17, 15) is 4.79 Å². The highest BCUT2D eigenvalue weighted by atomic mass is 32.1. The van der Waals surface area contributed by atoms with Gasteiger partial charge in [0, 0.05) is 5.39 Å². The summed E-state index contributed by atoms with van der Waals surface area (Å²) in [7, 11) is 0. The molecule has 0 aliphatic carbocycles.